The van der Waals surface area contributed by atoms with E-state index in [1.807, 2.05) is 77.7 Å². The molecule has 4 aromatic rings. The molecular formula is C37H48N6O7Si. The van der Waals surface area contributed by atoms with E-state index in [1.165, 1.54) is 0 Å². The number of nitrogens with two attached hydrogens (primary N) is 1. The molecule has 5 heterocycles. The molecule has 272 valence electrons. The standard InChI is InChI=1S/C37H48N6O7Si/c38-12-17-43(37(44)28-46-19-5-23-51-48-26-32(50-51)27-49-51)18-15-39-16-20-45-21-22-47-31-10-8-29(9-11-31)30-24-35(33-6-1-3-13-40-33)42-36(25-30)34-7-2-4-14-41-34/h1-4,6-11,13-14,24-25,32,37,39,44H,5,12,15-23,26-28,38H2. The number of rotatable bonds is 22. The van der Waals surface area contributed by atoms with E-state index in [4.69, 9.17) is 38.2 Å². The number of nitrogens with one attached hydrogen (secondary N) is 1. The molecule has 3 aromatic heterocycles. The van der Waals surface area contributed by atoms with Gasteiger partial charge >= 0.3 is 8.80 Å². The Labute approximate surface area is 300 Å². The molecule has 1 unspecified atom stereocenters. The van der Waals surface area contributed by atoms with Crippen molar-refractivity contribution in [3.63, 3.8) is 0 Å². The third kappa shape index (κ3) is 10.9. The summed E-state index contributed by atoms with van der Waals surface area (Å²) in [5.41, 5.74) is 11.0. The summed E-state index contributed by atoms with van der Waals surface area (Å²) in [6, 6.07) is 24.5. The highest BCUT2D eigenvalue weighted by Gasteiger charge is 2.54. The highest BCUT2D eigenvalue weighted by molar-refractivity contribution is 6.61. The van der Waals surface area contributed by atoms with Gasteiger partial charge in [0.25, 0.3) is 0 Å². The number of hydrogen-bond donors (Lipinski definition) is 3. The molecule has 0 aliphatic carbocycles. The van der Waals surface area contributed by atoms with Gasteiger partial charge in [0.05, 0.1) is 61.9 Å². The maximum Gasteiger partial charge on any atom is 0.501 e. The molecular weight excluding hydrogens is 669 g/mol. The van der Waals surface area contributed by atoms with Crippen molar-refractivity contribution in [1.82, 2.24) is 25.2 Å². The molecule has 13 nitrogen and oxygen atoms in total. The quantitative estimate of drug-likeness (QED) is 0.0620. The van der Waals surface area contributed by atoms with Gasteiger partial charge in [0, 0.05) is 57.8 Å². The van der Waals surface area contributed by atoms with E-state index >= 15 is 0 Å². The van der Waals surface area contributed by atoms with Crippen molar-refractivity contribution in [3.8, 4) is 39.7 Å². The number of fused-ring (bicyclic) bond motifs is 2. The summed E-state index contributed by atoms with van der Waals surface area (Å²) in [7, 11) is -2.43. The lowest BCUT2D eigenvalue weighted by molar-refractivity contribution is -0.0569. The average Bonchev–Trinajstić information content (AvgIpc) is 3.79. The van der Waals surface area contributed by atoms with Gasteiger partial charge in [-0.15, -0.1) is 0 Å². The van der Waals surface area contributed by atoms with Crippen LogP contribution in [0.4, 0.5) is 0 Å². The van der Waals surface area contributed by atoms with Crippen molar-refractivity contribution in [1.29, 1.82) is 0 Å². The monoisotopic (exact) mass is 716 g/mol. The van der Waals surface area contributed by atoms with Crippen LogP contribution in [0.3, 0.4) is 0 Å². The van der Waals surface area contributed by atoms with Crippen molar-refractivity contribution >= 4 is 8.80 Å². The van der Waals surface area contributed by atoms with Crippen LogP contribution in [0.2, 0.25) is 6.04 Å². The largest absolute Gasteiger partial charge is 0.501 e. The number of aromatic nitrogens is 3. The lowest BCUT2D eigenvalue weighted by Gasteiger charge is -2.27. The van der Waals surface area contributed by atoms with Gasteiger partial charge in [0.15, 0.2) is 0 Å². The highest BCUT2D eigenvalue weighted by Crippen LogP contribution is 2.32. The van der Waals surface area contributed by atoms with Crippen LogP contribution in [0, 0.1) is 0 Å². The molecule has 0 saturated carbocycles. The second kappa shape index (κ2) is 19.2. The molecule has 2 aliphatic heterocycles. The minimum absolute atomic E-state index is 0.106. The van der Waals surface area contributed by atoms with Crippen LogP contribution in [-0.4, -0.2) is 125 Å². The van der Waals surface area contributed by atoms with Crippen molar-refractivity contribution in [2.24, 2.45) is 5.73 Å². The van der Waals surface area contributed by atoms with Crippen LogP contribution in [-0.2, 0) is 22.8 Å². The molecule has 0 spiro atoms. The fraction of sp³-hybridized carbons (Fsp3) is 0.432. The predicted molar refractivity (Wildman–Crippen MR) is 195 cm³/mol. The van der Waals surface area contributed by atoms with Crippen LogP contribution in [0.15, 0.2) is 85.2 Å². The third-order valence-electron chi connectivity index (χ3n) is 8.56. The molecule has 1 atom stereocenters. The van der Waals surface area contributed by atoms with Crippen LogP contribution in [0.25, 0.3) is 33.9 Å². The fourth-order valence-corrected chi connectivity index (χ4v) is 8.65. The lowest BCUT2D eigenvalue weighted by Crippen LogP contribution is -2.45. The molecule has 14 heteroatoms. The summed E-state index contributed by atoms with van der Waals surface area (Å²) in [4.78, 5) is 15.8. The molecule has 4 N–H and O–H groups in total. The maximum atomic E-state index is 10.6. The topological polar surface area (TPSA) is 156 Å². The first kappa shape index (κ1) is 37.1. The third-order valence-corrected chi connectivity index (χ3v) is 11.4. The minimum Gasteiger partial charge on any atom is -0.491 e. The zero-order valence-electron chi connectivity index (χ0n) is 28.9. The van der Waals surface area contributed by atoms with Gasteiger partial charge < -0.3 is 43.6 Å². The van der Waals surface area contributed by atoms with Crippen molar-refractivity contribution in [2.45, 2.75) is 24.8 Å². The first-order valence-corrected chi connectivity index (χ1v) is 19.6. The van der Waals surface area contributed by atoms with Gasteiger partial charge in [-0.25, -0.2) is 4.98 Å². The van der Waals surface area contributed by atoms with Gasteiger partial charge in [-0.1, -0.05) is 24.3 Å². The van der Waals surface area contributed by atoms with Crippen LogP contribution >= 0.6 is 0 Å². The van der Waals surface area contributed by atoms with E-state index in [9.17, 15) is 5.11 Å². The summed E-state index contributed by atoms with van der Waals surface area (Å²) in [6.07, 6.45) is 3.70. The van der Waals surface area contributed by atoms with Crippen molar-refractivity contribution in [3.05, 3.63) is 85.2 Å². The molecule has 0 radical (unpaired) electrons. The first-order chi connectivity index (χ1) is 25.1. The fourth-order valence-electron chi connectivity index (χ4n) is 5.93. The molecule has 6 rings (SSSR count). The zero-order valence-corrected chi connectivity index (χ0v) is 29.9. The van der Waals surface area contributed by atoms with E-state index in [0.717, 1.165) is 52.1 Å². The Hall–Kier alpha value is -3.67. The number of pyridine rings is 3. The molecule has 2 fully saturated rings. The van der Waals surface area contributed by atoms with Gasteiger partial charge in [0.1, 0.15) is 18.6 Å². The number of benzene rings is 1. The van der Waals surface area contributed by atoms with Crippen LogP contribution < -0.4 is 15.8 Å². The van der Waals surface area contributed by atoms with Gasteiger partial charge in [-0.05, 0) is 66.1 Å². The van der Waals surface area contributed by atoms with Crippen molar-refractivity contribution in [2.75, 3.05) is 79.0 Å². The summed E-state index contributed by atoms with van der Waals surface area (Å²) < 4.78 is 34.7. The van der Waals surface area contributed by atoms with E-state index in [2.05, 4.69) is 15.3 Å². The number of hydrogen-bond acceptors (Lipinski definition) is 13. The van der Waals surface area contributed by atoms with E-state index < -0.39 is 15.0 Å². The molecule has 2 saturated heterocycles. The van der Waals surface area contributed by atoms with Crippen molar-refractivity contribution < 1.29 is 32.6 Å². The second-order valence-electron chi connectivity index (χ2n) is 12.3. The maximum absolute atomic E-state index is 10.6. The smallest absolute Gasteiger partial charge is 0.491 e. The minimum atomic E-state index is -2.43. The number of aliphatic hydroxyl groups excluding tert-OH is 1. The Morgan fingerprint density at radius 3 is 2.18 bits per heavy atom. The summed E-state index contributed by atoms with van der Waals surface area (Å²) in [6.45, 7) is 6.52. The molecule has 0 amide bonds. The average molecular weight is 717 g/mol. The number of nitrogens with zero attached hydrogens (tertiary/aromatic N) is 4. The Morgan fingerprint density at radius 2 is 1.55 bits per heavy atom. The van der Waals surface area contributed by atoms with Crippen LogP contribution in [0.1, 0.15) is 6.42 Å². The number of aliphatic hydroxyl groups is 1. The van der Waals surface area contributed by atoms with E-state index in [0.29, 0.717) is 72.4 Å². The molecule has 2 aliphatic rings. The van der Waals surface area contributed by atoms with Gasteiger partial charge in [0.2, 0.25) is 0 Å². The first-order valence-electron chi connectivity index (χ1n) is 17.6. The summed E-state index contributed by atoms with van der Waals surface area (Å²) in [5, 5.41) is 14.0. The Kier molecular flexibility index (Phi) is 14.0. The van der Waals surface area contributed by atoms with E-state index in [-0.39, 0.29) is 12.7 Å². The summed E-state index contributed by atoms with van der Waals surface area (Å²) >= 11 is 0. The highest BCUT2D eigenvalue weighted by atomic mass is 28.4. The Balaban J connectivity index is 0.860. The van der Waals surface area contributed by atoms with Crippen LogP contribution in [0.5, 0.6) is 5.75 Å². The normalized spacial score (nSPS) is 18.8. The molecule has 51 heavy (non-hydrogen) atoms. The van der Waals surface area contributed by atoms with Gasteiger partial charge in [-0.3, -0.25) is 14.9 Å². The predicted octanol–water partition coefficient (Wildman–Crippen LogP) is 3.23. The Bertz CT molecular complexity index is 1540. The summed E-state index contributed by atoms with van der Waals surface area (Å²) in [5.74, 6) is 0.770. The molecule has 1 aromatic carbocycles. The second-order valence-corrected chi connectivity index (χ2v) is 15.0. The van der Waals surface area contributed by atoms with E-state index in [1.54, 1.807) is 12.4 Å². The number of ether oxygens (including phenoxy) is 3. The SMILES string of the molecule is NCCN(CCNCCOCCOc1ccc(-c2cc(-c3ccccn3)nc(-c3ccccn3)c2)cc1)C(O)COCCC[Si]12OCC(CO1)O2. The Morgan fingerprint density at radius 1 is 0.824 bits per heavy atom. The zero-order chi connectivity index (χ0) is 35.1. The van der Waals surface area contributed by atoms with Gasteiger partial charge in [-0.2, -0.15) is 0 Å². The lowest BCUT2D eigenvalue weighted by atomic mass is 10.0. The molecule has 2 bridgehead atoms.